The van der Waals surface area contributed by atoms with Crippen molar-refractivity contribution >= 4 is 24.8 Å². The van der Waals surface area contributed by atoms with E-state index in [1.165, 1.54) is 11.1 Å². The molecule has 0 amide bonds. The fraction of sp³-hybridized carbons (Fsp3) is 0.500. The Morgan fingerprint density at radius 1 is 0.656 bits per heavy atom. The lowest BCUT2D eigenvalue weighted by molar-refractivity contribution is 0.340. The highest BCUT2D eigenvalue weighted by Crippen LogP contribution is 2.13. The lowest BCUT2D eigenvalue weighted by Gasteiger charge is -2.15. The second kappa shape index (κ2) is 18.0. The van der Waals surface area contributed by atoms with Crippen molar-refractivity contribution in [2.24, 2.45) is 11.5 Å². The molecule has 32 heavy (non-hydrogen) atoms. The van der Waals surface area contributed by atoms with Gasteiger partial charge in [-0.3, -0.25) is 0 Å². The Labute approximate surface area is 205 Å². The highest BCUT2D eigenvalue weighted by molar-refractivity contribution is 5.85. The van der Waals surface area contributed by atoms with Crippen LogP contribution in [0.3, 0.4) is 0 Å². The van der Waals surface area contributed by atoms with Crippen molar-refractivity contribution in [3.8, 4) is 11.5 Å². The first-order chi connectivity index (χ1) is 14.6. The van der Waals surface area contributed by atoms with E-state index in [0.29, 0.717) is 13.2 Å². The van der Waals surface area contributed by atoms with Crippen molar-refractivity contribution < 1.29 is 9.47 Å². The van der Waals surface area contributed by atoms with Gasteiger partial charge in [0.15, 0.2) is 0 Å². The van der Waals surface area contributed by atoms with Gasteiger partial charge in [0.2, 0.25) is 0 Å². The van der Waals surface area contributed by atoms with Crippen LogP contribution in [0, 0.1) is 0 Å². The minimum absolute atomic E-state index is 0. The van der Waals surface area contributed by atoms with Gasteiger partial charge in [-0.1, -0.05) is 24.3 Å². The van der Waals surface area contributed by atoms with E-state index in [-0.39, 0.29) is 36.9 Å². The zero-order valence-corrected chi connectivity index (χ0v) is 20.9. The molecule has 2 rings (SSSR count). The molecule has 8 heteroatoms. The van der Waals surface area contributed by atoms with Crippen molar-refractivity contribution in [2.45, 2.75) is 38.8 Å². The molecule has 0 heterocycles. The average Bonchev–Trinajstić information content (AvgIpc) is 2.74. The summed E-state index contributed by atoms with van der Waals surface area (Å²) in [7, 11) is 0. The first-order valence-electron chi connectivity index (χ1n) is 11.0. The van der Waals surface area contributed by atoms with E-state index in [1.807, 2.05) is 38.1 Å². The van der Waals surface area contributed by atoms with E-state index in [2.05, 4.69) is 34.9 Å². The smallest absolute Gasteiger partial charge is 0.119 e. The molecule has 0 radical (unpaired) electrons. The number of ether oxygens (including phenoxy) is 2. The average molecular weight is 488 g/mol. The Morgan fingerprint density at radius 3 is 1.31 bits per heavy atom. The quantitative estimate of drug-likeness (QED) is 0.289. The molecule has 182 valence electrons. The van der Waals surface area contributed by atoms with Crippen LogP contribution < -0.4 is 31.6 Å². The summed E-state index contributed by atoms with van der Waals surface area (Å²) in [5.41, 5.74) is 14.9. The largest absolute Gasteiger partial charge is 0.494 e. The van der Waals surface area contributed by atoms with Crippen LogP contribution >= 0.6 is 24.8 Å². The second-order valence-electron chi connectivity index (χ2n) is 7.49. The predicted molar refractivity (Wildman–Crippen MR) is 139 cm³/mol. The van der Waals surface area contributed by atoms with Gasteiger partial charge >= 0.3 is 0 Å². The van der Waals surface area contributed by atoms with Crippen LogP contribution in [0.4, 0.5) is 0 Å². The molecule has 2 atom stereocenters. The summed E-state index contributed by atoms with van der Waals surface area (Å²) in [6.45, 7) is 8.65. The summed E-state index contributed by atoms with van der Waals surface area (Å²) in [6.07, 6.45) is 1.69. The summed E-state index contributed by atoms with van der Waals surface area (Å²) in [5, 5.41) is 6.82. The number of rotatable bonds is 15. The molecular formula is C24H40Cl2N4O2. The first-order valence-corrected chi connectivity index (χ1v) is 11.0. The summed E-state index contributed by atoms with van der Waals surface area (Å²) in [4.78, 5) is 0. The maximum absolute atomic E-state index is 6.24. The van der Waals surface area contributed by atoms with Gasteiger partial charge in [0, 0.05) is 38.3 Å². The Kier molecular flexibility index (Phi) is 17.1. The van der Waals surface area contributed by atoms with Gasteiger partial charge < -0.3 is 31.6 Å². The third kappa shape index (κ3) is 12.5. The van der Waals surface area contributed by atoms with Crippen molar-refractivity contribution in [2.75, 3.05) is 39.4 Å². The molecule has 0 fully saturated rings. The summed E-state index contributed by atoms with van der Waals surface area (Å²) in [5.74, 6) is 1.81. The van der Waals surface area contributed by atoms with Crippen LogP contribution in [0.2, 0.25) is 0 Å². The van der Waals surface area contributed by atoms with Crippen LogP contribution in [-0.2, 0) is 12.8 Å². The van der Waals surface area contributed by atoms with Crippen molar-refractivity contribution in [3.05, 3.63) is 59.7 Å². The maximum Gasteiger partial charge on any atom is 0.119 e. The Balaban J connectivity index is 0.00000480. The zero-order chi connectivity index (χ0) is 21.6. The summed E-state index contributed by atoms with van der Waals surface area (Å²) >= 11 is 0. The SMILES string of the molecule is CCOc1ccc(C[C@H](N)CNCCNC[C@@H](N)Cc2ccc(OCC)cc2)cc1.Cl.Cl. The fourth-order valence-corrected chi connectivity index (χ4v) is 3.28. The van der Waals surface area contributed by atoms with Crippen LogP contribution in [-0.4, -0.2) is 51.5 Å². The molecule has 0 bridgehead atoms. The minimum Gasteiger partial charge on any atom is -0.494 e. The van der Waals surface area contributed by atoms with Crippen LogP contribution in [0.5, 0.6) is 11.5 Å². The lowest BCUT2D eigenvalue weighted by atomic mass is 10.1. The van der Waals surface area contributed by atoms with E-state index in [0.717, 1.165) is 50.5 Å². The number of hydrogen-bond donors (Lipinski definition) is 4. The maximum atomic E-state index is 6.24. The molecule has 0 saturated carbocycles. The van der Waals surface area contributed by atoms with Gasteiger partial charge in [-0.25, -0.2) is 0 Å². The molecular weight excluding hydrogens is 447 g/mol. The van der Waals surface area contributed by atoms with Crippen LogP contribution in [0.1, 0.15) is 25.0 Å². The Bertz CT molecular complexity index is 641. The highest BCUT2D eigenvalue weighted by Gasteiger charge is 2.06. The molecule has 0 aliphatic carbocycles. The standard InChI is InChI=1S/C24H38N4O2.2ClH/c1-3-29-23-9-5-19(6-10-23)15-21(25)17-27-13-14-28-18-22(26)16-20-7-11-24(12-8-20)30-4-2;;/h5-12,21-22,27-28H,3-4,13-18,25-26H2,1-2H3;2*1H/t21-,22-;;/m0../s1. The monoisotopic (exact) mass is 486 g/mol. The molecule has 0 spiro atoms. The summed E-state index contributed by atoms with van der Waals surface area (Å²) in [6, 6.07) is 16.5. The van der Waals surface area contributed by atoms with Crippen molar-refractivity contribution in [3.63, 3.8) is 0 Å². The number of benzene rings is 2. The number of nitrogens with two attached hydrogens (primary N) is 2. The van der Waals surface area contributed by atoms with Gasteiger partial charge in [0.1, 0.15) is 11.5 Å². The first kappa shape index (κ1) is 30.5. The topological polar surface area (TPSA) is 94.6 Å². The molecule has 0 aromatic heterocycles. The van der Waals surface area contributed by atoms with Crippen molar-refractivity contribution in [1.29, 1.82) is 0 Å². The lowest BCUT2D eigenvalue weighted by Crippen LogP contribution is -2.41. The van der Waals surface area contributed by atoms with Gasteiger partial charge in [0.25, 0.3) is 0 Å². The molecule has 6 nitrogen and oxygen atoms in total. The van der Waals surface area contributed by atoms with Gasteiger partial charge in [0.05, 0.1) is 13.2 Å². The highest BCUT2D eigenvalue weighted by atomic mass is 35.5. The molecule has 2 aromatic carbocycles. The number of nitrogens with one attached hydrogen (secondary N) is 2. The summed E-state index contributed by atoms with van der Waals surface area (Å²) < 4.78 is 10.9. The van der Waals surface area contributed by atoms with Crippen LogP contribution in [0.25, 0.3) is 0 Å². The Hall–Kier alpha value is -1.54. The Morgan fingerprint density at radius 2 is 1.00 bits per heavy atom. The van der Waals surface area contributed by atoms with E-state index >= 15 is 0 Å². The van der Waals surface area contributed by atoms with Crippen LogP contribution in [0.15, 0.2) is 48.5 Å². The molecule has 0 unspecified atom stereocenters. The van der Waals surface area contributed by atoms with E-state index < -0.39 is 0 Å². The molecule has 0 saturated heterocycles. The molecule has 6 N–H and O–H groups in total. The molecule has 2 aromatic rings. The van der Waals surface area contributed by atoms with Crippen molar-refractivity contribution in [1.82, 2.24) is 10.6 Å². The minimum atomic E-state index is 0. The third-order valence-electron chi connectivity index (χ3n) is 4.76. The normalized spacial score (nSPS) is 12.2. The predicted octanol–water partition coefficient (Wildman–Crippen LogP) is 2.95. The van der Waals surface area contributed by atoms with E-state index in [1.54, 1.807) is 0 Å². The fourth-order valence-electron chi connectivity index (χ4n) is 3.28. The molecule has 0 aliphatic heterocycles. The number of hydrogen-bond acceptors (Lipinski definition) is 6. The number of halogens is 2. The molecule has 0 aliphatic rings. The van der Waals surface area contributed by atoms with Gasteiger partial charge in [-0.15, -0.1) is 24.8 Å². The van der Waals surface area contributed by atoms with E-state index in [4.69, 9.17) is 20.9 Å². The third-order valence-corrected chi connectivity index (χ3v) is 4.76. The van der Waals surface area contributed by atoms with E-state index in [9.17, 15) is 0 Å². The second-order valence-corrected chi connectivity index (χ2v) is 7.49. The van der Waals surface area contributed by atoms with Gasteiger partial charge in [-0.05, 0) is 62.1 Å². The zero-order valence-electron chi connectivity index (χ0n) is 19.2. The van der Waals surface area contributed by atoms with Gasteiger partial charge in [-0.2, -0.15) is 0 Å².